The number of thioether (sulfide) groups is 1. The van der Waals surface area contributed by atoms with Gasteiger partial charge in [-0.15, -0.1) is 11.8 Å². The van der Waals surface area contributed by atoms with Crippen molar-refractivity contribution in [1.82, 2.24) is 4.31 Å². The van der Waals surface area contributed by atoms with Crippen molar-refractivity contribution in [2.45, 2.75) is 38.6 Å². The number of hydrogen-bond donors (Lipinski definition) is 1. The number of hydrogen-bond acceptors (Lipinski definition) is 4. The Kier molecular flexibility index (Phi) is 7.03. The highest BCUT2D eigenvalue weighted by Crippen LogP contribution is 2.21. The van der Waals surface area contributed by atoms with Gasteiger partial charge in [-0.3, -0.25) is 0 Å². The van der Waals surface area contributed by atoms with E-state index in [0.717, 1.165) is 4.90 Å². The summed E-state index contributed by atoms with van der Waals surface area (Å²) in [5.74, 6) is 1.01. The van der Waals surface area contributed by atoms with Crippen LogP contribution in [0.25, 0.3) is 0 Å². The van der Waals surface area contributed by atoms with Crippen LogP contribution >= 0.6 is 11.8 Å². The van der Waals surface area contributed by atoms with Crippen LogP contribution in [0.15, 0.2) is 29.2 Å². The molecule has 0 amide bonds. The lowest BCUT2D eigenvalue weighted by Gasteiger charge is -2.27. The van der Waals surface area contributed by atoms with Crippen molar-refractivity contribution in [3.8, 4) is 0 Å². The van der Waals surface area contributed by atoms with Gasteiger partial charge in [0.1, 0.15) is 0 Å². The lowest BCUT2D eigenvalue weighted by molar-refractivity contribution is 0.319. The second-order valence-electron chi connectivity index (χ2n) is 5.79. The van der Waals surface area contributed by atoms with E-state index in [4.69, 9.17) is 5.73 Å². The molecule has 21 heavy (non-hydrogen) atoms. The van der Waals surface area contributed by atoms with E-state index in [1.165, 1.54) is 11.8 Å². The summed E-state index contributed by atoms with van der Waals surface area (Å²) in [7, 11) is -3.22. The van der Waals surface area contributed by atoms with E-state index in [1.807, 2.05) is 52.0 Å². The number of rotatable bonds is 8. The summed E-state index contributed by atoms with van der Waals surface area (Å²) >= 11 is 1.52. The molecule has 0 unspecified atom stereocenters. The molecule has 0 spiro atoms. The smallest absolute Gasteiger partial charge is 0.215 e. The van der Waals surface area contributed by atoms with Crippen LogP contribution in [0.4, 0.5) is 5.69 Å². The van der Waals surface area contributed by atoms with Crippen molar-refractivity contribution in [1.29, 1.82) is 0 Å². The maximum absolute atomic E-state index is 12.5. The topological polar surface area (TPSA) is 63.4 Å². The van der Waals surface area contributed by atoms with Crippen molar-refractivity contribution < 1.29 is 8.42 Å². The molecule has 6 heteroatoms. The summed E-state index contributed by atoms with van der Waals surface area (Å²) in [6.07, 6.45) is 0. The molecule has 0 bridgehead atoms. The first-order valence-electron chi connectivity index (χ1n) is 7.20. The van der Waals surface area contributed by atoms with Crippen molar-refractivity contribution in [2.75, 3.05) is 23.8 Å². The minimum Gasteiger partial charge on any atom is -0.399 e. The van der Waals surface area contributed by atoms with E-state index in [1.54, 1.807) is 4.31 Å². The van der Waals surface area contributed by atoms with Crippen molar-refractivity contribution in [3.63, 3.8) is 0 Å². The molecule has 0 radical (unpaired) electrons. The number of nitrogens with two attached hydrogens (primary N) is 1. The highest BCUT2D eigenvalue weighted by atomic mass is 32.2. The average Bonchev–Trinajstić information content (AvgIpc) is 2.35. The zero-order valence-electron chi connectivity index (χ0n) is 13.2. The largest absolute Gasteiger partial charge is 0.399 e. The molecule has 0 atom stereocenters. The number of anilines is 1. The Morgan fingerprint density at radius 1 is 1.24 bits per heavy atom. The van der Waals surface area contributed by atoms with Gasteiger partial charge in [-0.1, -0.05) is 19.9 Å². The van der Waals surface area contributed by atoms with Gasteiger partial charge in [-0.2, -0.15) is 4.31 Å². The molecule has 1 rings (SSSR count). The summed E-state index contributed by atoms with van der Waals surface area (Å²) in [6.45, 7) is 8.48. The standard InChI is InChI=1S/C15H26N2O2S2/c1-12(2)11-17(13(3)4)21(18,19)9-8-20-15-7-5-6-14(16)10-15/h5-7,10,12-13H,8-9,11,16H2,1-4H3. The highest BCUT2D eigenvalue weighted by molar-refractivity contribution is 8.00. The molecule has 120 valence electrons. The Bertz CT molecular complexity index is 542. The molecular weight excluding hydrogens is 304 g/mol. The third-order valence-electron chi connectivity index (χ3n) is 2.95. The molecule has 0 aromatic heterocycles. The van der Waals surface area contributed by atoms with Gasteiger partial charge in [0.05, 0.1) is 5.75 Å². The Morgan fingerprint density at radius 3 is 2.43 bits per heavy atom. The molecule has 0 aliphatic carbocycles. The monoisotopic (exact) mass is 330 g/mol. The van der Waals surface area contributed by atoms with Crippen molar-refractivity contribution >= 4 is 27.5 Å². The predicted molar refractivity (Wildman–Crippen MR) is 92.0 cm³/mol. The quantitative estimate of drug-likeness (QED) is 0.588. The molecule has 1 aromatic carbocycles. The first-order chi connectivity index (χ1) is 9.72. The van der Waals surface area contributed by atoms with Crippen molar-refractivity contribution in [2.24, 2.45) is 5.92 Å². The first-order valence-corrected chi connectivity index (χ1v) is 9.79. The molecule has 0 fully saturated rings. The average molecular weight is 331 g/mol. The summed E-state index contributed by atoms with van der Waals surface area (Å²) in [5.41, 5.74) is 6.42. The van der Waals surface area contributed by atoms with Gasteiger partial charge in [-0.05, 0) is 38.0 Å². The van der Waals surface area contributed by atoms with Crippen LogP contribution in [0.5, 0.6) is 0 Å². The second kappa shape index (κ2) is 8.06. The summed E-state index contributed by atoms with van der Waals surface area (Å²) in [6, 6.07) is 7.51. The number of sulfonamides is 1. The van der Waals surface area contributed by atoms with Gasteiger partial charge < -0.3 is 5.73 Å². The van der Waals surface area contributed by atoms with E-state index in [2.05, 4.69) is 0 Å². The molecule has 1 aromatic rings. The van der Waals surface area contributed by atoms with E-state index in [0.29, 0.717) is 23.9 Å². The molecule has 4 nitrogen and oxygen atoms in total. The fraction of sp³-hybridized carbons (Fsp3) is 0.600. The van der Waals surface area contributed by atoms with E-state index in [9.17, 15) is 8.42 Å². The third kappa shape index (κ3) is 6.28. The third-order valence-corrected chi connectivity index (χ3v) is 6.21. The molecule has 0 aliphatic rings. The Morgan fingerprint density at radius 2 is 1.90 bits per heavy atom. The summed E-state index contributed by atoms with van der Waals surface area (Å²) in [4.78, 5) is 1.00. The van der Waals surface area contributed by atoms with E-state index in [-0.39, 0.29) is 11.8 Å². The second-order valence-corrected chi connectivity index (χ2v) is 9.00. The summed E-state index contributed by atoms with van der Waals surface area (Å²) < 4.78 is 26.5. The Hall–Kier alpha value is -0.720. The molecule has 0 saturated carbocycles. The number of benzene rings is 1. The number of nitrogens with zero attached hydrogens (tertiary/aromatic N) is 1. The van der Waals surface area contributed by atoms with Gasteiger partial charge in [0.25, 0.3) is 0 Å². The minimum atomic E-state index is -3.22. The zero-order chi connectivity index (χ0) is 16.0. The van der Waals surface area contributed by atoms with Gasteiger partial charge in [-0.25, -0.2) is 8.42 Å². The SMILES string of the molecule is CC(C)CN(C(C)C)S(=O)(=O)CCSc1cccc(N)c1. The minimum absolute atomic E-state index is 0.00484. The highest BCUT2D eigenvalue weighted by Gasteiger charge is 2.25. The lowest BCUT2D eigenvalue weighted by atomic mass is 10.2. The van der Waals surface area contributed by atoms with Gasteiger partial charge in [0, 0.05) is 28.9 Å². The normalized spacial score (nSPS) is 12.5. The first kappa shape index (κ1) is 18.3. The lowest BCUT2D eigenvalue weighted by Crippen LogP contribution is -2.41. The number of nitrogen functional groups attached to an aromatic ring is 1. The predicted octanol–water partition coefficient (Wildman–Crippen LogP) is 3.06. The van der Waals surface area contributed by atoms with Crippen LogP contribution in [0.1, 0.15) is 27.7 Å². The fourth-order valence-electron chi connectivity index (χ4n) is 1.99. The van der Waals surface area contributed by atoms with Crippen LogP contribution in [0.2, 0.25) is 0 Å². The zero-order valence-corrected chi connectivity index (χ0v) is 14.9. The van der Waals surface area contributed by atoms with Gasteiger partial charge >= 0.3 is 0 Å². The van der Waals surface area contributed by atoms with Gasteiger partial charge in [0.15, 0.2) is 0 Å². The van der Waals surface area contributed by atoms with E-state index < -0.39 is 10.0 Å². The fourth-order valence-corrected chi connectivity index (χ4v) is 5.20. The Balaban J connectivity index is 2.62. The maximum atomic E-state index is 12.5. The molecule has 0 heterocycles. The van der Waals surface area contributed by atoms with Crippen molar-refractivity contribution in [3.05, 3.63) is 24.3 Å². The van der Waals surface area contributed by atoms with Crippen LogP contribution in [0, 0.1) is 5.92 Å². The van der Waals surface area contributed by atoms with Crippen LogP contribution < -0.4 is 5.73 Å². The van der Waals surface area contributed by atoms with E-state index >= 15 is 0 Å². The van der Waals surface area contributed by atoms with Crippen LogP contribution in [0.3, 0.4) is 0 Å². The van der Waals surface area contributed by atoms with Gasteiger partial charge in [0.2, 0.25) is 10.0 Å². The molecule has 0 aliphatic heterocycles. The Labute approximate surface area is 133 Å². The summed E-state index contributed by atoms with van der Waals surface area (Å²) in [5, 5.41) is 0. The maximum Gasteiger partial charge on any atom is 0.215 e. The molecule has 0 saturated heterocycles. The van der Waals surface area contributed by atoms with Crippen LogP contribution in [-0.2, 0) is 10.0 Å². The molecule has 2 N–H and O–H groups in total. The van der Waals surface area contributed by atoms with Crippen LogP contribution in [-0.4, -0.2) is 36.8 Å². The molecular formula is C15H26N2O2S2.